The van der Waals surface area contributed by atoms with Crippen LogP contribution in [0.1, 0.15) is 66.2 Å². The third-order valence-corrected chi connectivity index (χ3v) is 3.83. The van der Waals surface area contributed by atoms with Crippen molar-refractivity contribution in [2.45, 2.75) is 77.8 Å². The van der Waals surface area contributed by atoms with Crippen LogP contribution in [0, 0.1) is 0 Å². The quantitative estimate of drug-likeness (QED) is 0.752. The molecule has 1 aliphatic heterocycles. The van der Waals surface area contributed by atoms with E-state index in [1.54, 1.807) is 13.8 Å². The molecular formula is C15H28N2O2. The first-order valence-electron chi connectivity index (χ1n) is 7.50. The van der Waals surface area contributed by atoms with Crippen LogP contribution in [-0.2, 0) is 9.59 Å². The van der Waals surface area contributed by atoms with Crippen LogP contribution in [-0.4, -0.2) is 34.8 Å². The van der Waals surface area contributed by atoms with Gasteiger partial charge in [0.05, 0.1) is 0 Å². The van der Waals surface area contributed by atoms with E-state index < -0.39 is 5.54 Å². The van der Waals surface area contributed by atoms with E-state index in [1.807, 2.05) is 4.90 Å². The number of amides is 2. The minimum absolute atomic E-state index is 0.0287. The summed E-state index contributed by atoms with van der Waals surface area (Å²) in [7, 11) is 0. The van der Waals surface area contributed by atoms with Gasteiger partial charge in [0.1, 0.15) is 5.54 Å². The van der Waals surface area contributed by atoms with Crippen LogP contribution in [0.15, 0.2) is 0 Å². The largest absolute Gasteiger partial charge is 0.342 e. The first kappa shape index (κ1) is 16.0. The van der Waals surface area contributed by atoms with E-state index in [0.717, 1.165) is 12.8 Å². The summed E-state index contributed by atoms with van der Waals surface area (Å²) < 4.78 is 0. The van der Waals surface area contributed by atoms with Crippen LogP contribution in [0.4, 0.5) is 0 Å². The summed E-state index contributed by atoms with van der Waals surface area (Å²) in [6.07, 6.45) is 6.29. The van der Waals surface area contributed by atoms with Gasteiger partial charge in [-0.2, -0.15) is 0 Å². The van der Waals surface area contributed by atoms with Crippen LogP contribution in [0.25, 0.3) is 0 Å². The Morgan fingerprint density at radius 3 is 2.58 bits per heavy atom. The van der Waals surface area contributed by atoms with Gasteiger partial charge in [0.25, 0.3) is 0 Å². The molecule has 0 aromatic heterocycles. The Kier molecular flexibility index (Phi) is 5.83. The van der Waals surface area contributed by atoms with Gasteiger partial charge in [0.15, 0.2) is 0 Å². The molecule has 0 radical (unpaired) electrons. The zero-order valence-corrected chi connectivity index (χ0v) is 12.8. The van der Waals surface area contributed by atoms with E-state index in [2.05, 4.69) is 19.2 Å². The van der Waals surface area contributed by atoms with Crippen molar-refractivity contribution in [3.63, 3.8) is 0 Å². The summed E-state index contributed by atoms with van der Waals surface area (Å²) in [4.78, 5) is 26.0. The number of carbonyl (C=O) groups excluding carboxylic acids is 2. The normalized spacial score (nSPS) is 20.9. The molecule has 1 atom stereocenters. The van der Waals surface area contributed by atoms with E-state index in [0.29, 0.717) is 13.0 Å². The van der Waals surface area contributed by atoms with Crippen LogP contribution in [0.2, 0.25) is 0 Å². The zero-order valence-electron chi connectivity index (χ0n) is 12.8. The maximum absolute atomic E-state index is 12.5. The number of nitrogens with one attached hydrogen (secondary N) is 1. The molecule has 1 rings (SSSR count). The van der Waals surface area contributed by atoms with Crippen molar-refractivity contribution in [2.75, 3.05) is 6.54 Å². The Labute approximate surface area is 116 Å². The van der Waals surface area contributed by atoms with E-state index in [4.69, 9.17) is 0 Å². The molecule has 0 aromatic carbocycles. The number of unbranched alkanes of at least 4 members (excludes halogenated alkanes) is 3. The Morgan fingerprint density at radius 1 is 1.26 bits per heavy atom. The van der Waals surface area contributed by atoms with Gasteiger partial charge in [-0.05, 0) is 27.2 Å². The highest BCUT2D eigenvalue weighted by Gasteiger charge is 2.37. The second-order valence-corrected chi connectivity index (χ2v) is 6.12. The lowest BCUT2D eigenvalue weighted by molar-refractivity contribution is -0.139. The van der Waals surface area contributed by atoms with Gasteiger partial charge in [-0.15, -0.1) is 0 Å². The average molecular weight is 268 g/mol. The predicted molar refractivity (Wildman–Crippen MR) is 76.8 cm³/mol. The smallest absolute Gasteiger partial charge is 0.247 e. The molecule has 1 saturated heterocycles. The van der Waals surface area contributed by atoms with Crippen molar-refractivity contribution >= 4 is 11.8 Å². The highest BCUT2D eigenvalue weighted by Crippen LogP contribution is 2.19. The fourth-order valence-corrected chi connectivity index (χ4v) is 2.59. The lowest BCUT2D eigenvalue weighted by Gasteiger charge is -2.33. The Morgan fingerprint density at radius 2 is 1.95 bits per heavy atom. The van der Waals surface area contributed by atoms with Crippen LogP contribution >= 0.6 is 0 Å². The zero-order chi connectivity index (χ0) is 14.5. The Balaban J connectivity index is 2.59. The molecule has 0 aliphatic carbocycles. The summed E-state index contributed by atoms with van der Waals surface area (Å²) in [6.45, 7) is 8.41. The molecule has 1 unspecified atom stereocenters. The predicted octanol–water partition coefficient (Wildman–Crippen LogP) is 2.47. The number of hydrogen-bond acceptors (Lipinski definition) is 2. The monoisotopic (exact) mass is 268 g/mol. The number of rotatable bonds is 6. The molecule has 1 aliphatic rings. The van der Waals surface area contributed by atoms with Crippen molar-refractivity contribution in [2.24, 2.45) is 0 Å². The third kappa shape index (κ3) is 4.51. The number of hydrogen-bond donors (Lipinski definition) is 1. The SMILES string of the molecule is CCCCCCC(C)N1CCC(=O)NC(C)(C)C1=O. The fourth-order valence-electron chi connectivity index (χ4n) is 2.59. The summed E-state index contributed by atoms with van der Waals surface area (Å²) >= 11 is 0. The van der Waals surface area contributed by atoms with Gasteiger partial charge in [-0.3, -0.25) is 9.59 Å². The molecule has 1 fully saturated rings. The van der Waals surface area contributed by atoms with Crippen LogP contribution < -0.4 is 5.32 Å². The highest BCUT2D eigenvalue weighted by atomic mass is 16.2. The fraction of sp³-hybridized carbons (Fsp3) is 0.867. The molecule has 0 bridgehead atoms. The lowest BCUT2D eigenvalue weighted by atomic mass is 10.0. The van der Waals surface area contributed by atoms with E-state index >= 15 is 0 Å². The molecule has 0 spiro atoms. The summed E-state index contributed by atoms with van der Waals surface area (Å²) in [5, 5.41) is 2.80. The highest BCUT2D eigenvalue weighted by molar-refractivity contribution is 5.92. The van der Waals surface area contributed by atoms with Crippen molar-refractivity contribution < 1.29 is 9.59 Å². The van der Waals surface area contributed by atoms with Gasteiger partial charge in [-0.1, -0.05) is 32.6 Å². The van der Waals surface area contributed by atoms with Crippen LogP contribution in [0.5, 0.6) is 0 Å². The third-order valence-electron chi connectivity index (χ3n) is 3.83. The van der Waals surface area contributed by atoms with Crippen molar-refractivity contribution in [1.29, 1.82) is 0 Å². The molecule has 4 nitrogen and oxygen atoms in total. The Bertz CT molecular complexity index is 326. The topological polar surface area (TPSA) is 49.4 Å². The second-order valence-electron chi connectivity index (χ2n) is 6.12. The molecule has 110 valence electrons. The first-order chi connectivity index (χ1) is 8.88. The molecule has 4 heteroatoms. The van der Waals surface area contributed by atoms with Gasteiger partial charge in [-0.25, -0.2) is 0 Å². The molecule has 1 heterocycles. The Hall–Kier alpha value is -1.06. The van der Waals surface area contributed by atoms with Gasteiger partial charge >= 0.3 is 0 Å². The maximum Gasteiger partial charge on any atom is 0.247 e. The van der Waals surface area contributed by atoms with Gasteiger partial charge in [0, 0.05) is 19.0 Å². The number of carbonyl (C=O) groups is 2. The van der Waals surface area contributed by atoms with Gasteiger partial charge in [0.2, 0.25) is 11.8 Å². The minimum Gasteiger partial charge on any atom is -0.342 e. The van der Waals surface area contributed by atoms with Crippen molar-refractivity contribution in [1.82, 2.24) is 10.2 Å². The van der Waals surface area contributed by atoms with Gasteiger partial charge < -0.3 is 10.2 Å². The molecule has 2 amide bonds. The standard InChI is InChI=1S/C15H28N2O2/c1-5-6-7-8-9-12(2)17-11-10-13(18)16-15(3,4)14(17)19/h12H,5-11H2,1-4H3,(H,16,18). The first-order valence-corrected chi connectivity index (χ1v) is 7.50. The van der Waals surface area contributed by atoms with E-state index in [9.17, 15) is 9.59 Å². The van der Waals surface area contributed by atoms with E-state index in [1.165, 1.54) is 19.3 Å². The summed E-state index contributed by atoms with van der Waals surface area (Å²) in [5.74, 6) is 0.0142. The second kappa shape index (κ2) is 6.92. The van der Waals surface area contributed by atoms with E-state index in [-0.39, 0.29) is 17.9 Å². The summed E-state index contributed by atoms with van der Waals surface area (Å²) in [5.41, 5.74) is -0.773. The molecular weight excluding hydrogens is 240 g/mol. The van der Waals surface area contributed by atoms with Crippen molar-refractivity contribution in [3.05, 3.63) is 0 Å². The summed E-state index contributed by atoms with van der Waals surface area (Å²) in [6, 6.07) is 0.219. The molecule has 0 aromatic rings. The molecule has 19 heavy (non-hydrogen) atoms. The molecule has 0 saturated carbocycles. The minimum atomic E-state index is -0.773. The average Bonchev–Trinajstić information content (AvgIpc) is 2.43. The molecule has 1 N–H and O–H groups in total. The van der Waals surface area contributed by atoms with Crippen molar-refractivity contribution in [3.8, 4) is 0 Å². The number of nitrogens with zero attached hydrogens (tertiary/aromatic N) is 1. The van der Waals surface area contributed by atoms with Crippen LogP contribution in [0.3, 0.4) is 0 Å². The maximum atomic E-state index is 12.5. The lowest BCUT2D eigenvalue weighted by Crippen LogP contribution is -2.54.